The minimum atomic E-state index is -3.68. The third kappa shape index (κ3) is 2.32. The summed E-state index contributed by atoms with van der Waals surface area (Å²) in [6.07, 6.45) is 1.85. The van der Waals surface area contributed by atoms with E-state index in [9.17, 15) is 13.5 Å². The largest absolute Gasteiger partial charge is 0.388 e. The zero-order valence-corrected chi connectivity index (χ0v) is 12.5. The normalized spacial score (nSPS) is 19.1. The number of aliphatic hydroxyl groups is 1. The summed E-state index contributed by atoms with van der Waals surface area (Å²) in [6.45, 7) is 2.03. The SMILES string of the molecule is Cc1[nH]ncc1S(=O)(=O)N1CCCC(O)c2ccccc21. The Balaban J connectivity index is 2.14. The van der Waals surface area contributed by atoms with Crippen LogP contribution in [0, 0.1) is 6.92 Å². The number of aromatic nitrogens is 2. The van der Waals surface area contributed by atoms with E-state index < -0.39 is 16.1 Å². The number of sulfonamides is 1. The van der Waals surface area contributed by atoms with E-state index in [2.05, 4.69) is 10.2 Å². The van der Waals surface area contributed by atoms with Gasteiger partial charge in [0.05, 0.1) is 23.7 Å². The molecule has 1 aromatic carbocycles. The Morgan fingerprint density at radius 1 is 1.38 bits per heavy atom. The van der Waals surface area contributed by atoms with Crippen LogP contribution in [0.15, 0.2) is 35.4 Å². The Hall–Kier alpha value is -1.86. The molecular weight excluding hydrogens is 290 g/mol. The molecule has 2 heterocycles. The summed E-state index contributed by atoms with van der Waals surface area (Å²) in [7, 11) is -3.68. The summed E-state index contributed by atoms with van der Waals surface area (Å²) in [5.74, 6) is 0. The van der Waals surface area contributed by atoms with Crippen molar-refractivity contribution in [1.29, 1.82) is 0 Å². The molecule has 1 aromatic heterocycles. The number of H-pyrrole nitrogens is 1. The Bertz CT molecular complexity index is 754. The summed E-state index contributed by atoms with van der Waals surface area (Å²) in [4.78, 5) is 0.175. The second-order valence-corrected chi connectivity index (χ2v) is 6.98. The van der Waals surface area contributed by atoms with E-state index in [1.807, 2.05) is 0 Å². The van der Waals surface area contributed by atoms with Gasteiger partial charge in [-0.3, -0.25) is 9.40 Å². The van der Waals surface area contributed by atoms with Gasteiger partial charge in [-0.05, 0) is 25.8 Å². The summed E-state index contributed by atoms with van der Waals surface area (Å²) in [5, 5.41) is 16.6. The van der Waals surface area contributed by atoms with Crippen LogP contribution < -0.4 is 4.31 Å². The van der Waals surface area contributed by atoms with Gasteiger partial charge in [0.1, 0.15) is 4.90 Å². The third-order valence-corrected chi connectivity index (χ3v) is 5.68. The van der Waals surface area contributed by atoms with Gasteiger partial charge in [-0.25, -0.2) is 8.42 Å². The van der Waals surface area contributed by atoms with Crippen LogP contribution in [-0.4, -0.2) is 30.3 Å². The molecule has 6 nitrogen and oxygen atoms in total. The minimum Gasteiger partial charge on any atom is -0.388 e. The molecule has 0 saturated carbocycles. The number of aromatic amines is 1. The number of rotatable bonds is 2. The van der Waals surface area contributed by atoms with Crippen molar-refractivity contribution in [3.8, 4) is 0 Å². The number of fused-ring (bicyclic) bond motifs is 1. The third-order valence-electron chi connectivity index (χ3n) is 3.75. The molecule has 0 bridgehead atoms. The average molecular weight is 307 g/mol. The Morgan fingerprint density at radius 2 is 2.14 bits per heavy atom. The maximum absolute atomic E-state index is 12.9. The predicted molar refractivity (Wildman–Crippen MR) is 78.5 cm³/mol. The highest BCUT2D eigenvalue weighted by Gasteiger charge is 2.32. The molecule has 0 aliphatic carbocycles. The van der Waals surface area contributed by atoms with E-state index in [4.69, 9.17) is 0 Å². The van der Waals surface area contributed by atoms with Gasteiger partial charge in [0.2, 0.25) is 0 Å². The number of hydrogen-bond donors (Lipinski definition) is 2. The molecule has 1 unspecified atom stereocenters. The van der Waals surface area contributed by atoms with Gasteiger partial charge in [0, 0.05) is 12.1 Å². The van der Waals surface area contributed by atoms with Crippen molar-refractivity contribution < 1.29 is 13.5 Å². The van der Waals surface area contributed by atoms with E-state index in [0.717, 1.165) is 0 Å². The molecule has 3 rings (SSSR count). The lowest BCUT2D eigenvalue weighted by atomic mass is 10.1. The summed E-state index contributed by atoms with van der Waals surface area (Å²) < 4.78 is 27.1. The molecule has 21 heavy (non-hydrogen) atoms. The van der Waals surface area contributed by atoms with Gasteiger partial charge < -0.3 is 5.11 Å². The smallest absolute Gasteiger partial charge is 0.267 e. The van der Waals surface area contributed by atoms with Gasteiger partial charge >= 0.3 is 0 Å². The minimum absolute atomic E-state index is 0.175. The van der Waals surface area contributed by atoms with E-state index in [1.165, 1.54) is 10.5 Å². The van der Waals surface area contributed by atoms with Crippen LogP contribution in [0.25, 0.3) is 0 Å². The molecule has 0 amide bonds. The molecule has 1 aliphatic rings. The standard InChI is InChI=1S/C14H17N3O3S/c1-10-14(9-15-16-10)21(19,20)17-8-4-7-13(18)11-5-2-3-6-12(11)17/h2-3,5-6,9,13,18H,4,7-8H2,1H3,(H,15,16). The second kappa shape index (κ2) is 5.16. The van der Waals surface area contributed by atoms with Crippen molar-refractivity contribution in [2.75, 3.05) is 10.8 Å². The van der Waals surface area contributed by atoms with Crippen molar-refractivity contribution in [2.45, 2.75) is 30.8 Å². The van der Waals surface area contributed by atoms with Gasteiger partial charge in [-0.2, -0.15) is 5.10 Å². The zero-order chi connectivity index (χ0) is 15.0. The lowest BCUT2D eigenvalue weighted by molar-refractivity contribution is 0.168. The van der Waals surface area contributed by atoms with E-state index in [0.29, 0.717) is 36.3 Å². The first kappa shape index (κ1) is 14.1. The fourth-order valence-electron chi connectivity index (χ4n) is 2.67. The second-order valence-electron chi connectivity index (χ2n) is 5.15. The van der Waals surface area contributed by atoms with Crippen LogP contribution in [0.4, 0.5) is 5.69 Å². The topological polar surface area (TPSA) is 86.3 Å². The molecule has 0 spiro atoms. The van der Waals surface area contributed by atoms with Crippen molar-refractivity contribution in [3.63, 3.8) is 0 Å². The number of para-hydroxylation sites is 1. The first-order chi connectivity index (χ1) is 10.0. The monoisotopic (exact) mass is 307 g/mol. The molecule has 7 heteroatoms. The highest BCUT2D eigenvalue weighted by Crippen LogP contribution is 2.36. The molecule has 2 aromatic rings. The molecule has 1 atom stereocenters. The van der Waals surface area contributed by atoms with Gasteiger partial charge in [0.15, 0.2) is 0 Å². The van der Waals surface area contributed by atoms with Gasteiger partial charge in [-0.1, -0.05) is 18.2 Å². The van der Waals surface area contributed by atoms with Crippen LogP contribution in [0.5, 0.6) is 0 Å². The lowest BCUT2D eigenvalue weighted by Gasteiger charge is -2.24. The zero-order valence-electron chi connectivity index (χ0n) is 11.7. The Morgan fingerprint density at radius 3 is 2.86 bits per heavy atom. The quantitative estimate of drug-likeness (QED) is 0.885. The number of hydrogen-bond acceptors (Lipinski definition) is 4. The summed E-state index contributed by atoms with van der Waals surface area (Å²) in [5.41, 5.74) is 1.71. The Labute approximate surface area is 123 Å². The van der Waals surface area contributed by atoms with Crippen molar-refractivity contribution in [1.82, 2.24) is 10.2 Å². The summed E-state index contributed by atoms with van der Waals surface area (Å²) >= 11 is 0. The molecule has 0 radical (unpaired) electrons. The van der Waals surface area contributed by atoms with Crippen LogP contribution >= 0.6 is 0 Å². The fourth-order valence-corrected chi connectivity index (χ4v) is 4.32. The van der Waals surface area contributed by atoms with Crippen LogP contribution in [0.1, 0.15) is 30.2 Å². The van der Waals surface area contributed by atoms with Crippen LogP contribution in [-0.2, 0) is 10.0 Å². The number of aryl methyl sites for hydroxylation is 1. The number of nitrogens with one attached hydrogen (secondary N) is 1. The van der Waals surface area contributed by atoms with E-state index in [-0.39, 0.29) is 4.90 Å². The first-order valence-corrected chi connectivity index (χ1v) is 8.25. The van der Waals surface area contributed by atoms with Crippen LogP contribution in [0.3, 0.4) is 0 Å². The lowest BCUT2D eigenvalue weighted by Crippen LogP contribution is -2.32. The van der Waals surface area contributed by atoms with Gasteiger partial charge in [-0.15, -0.1) is 0 Å². The van der Waals surface area contributed by atoms with E-state index in [1.54, 1.807) is 31.2 Å². The van der Waals surface area contributed by atoms with Crippen molar-refractivity contribution in [2.24, 2.45) is 0 Å². The van der Waals surface area contributed by atoms with E-state index >= 15 is 0 Å². The molecule has 112 valence electrons. The van der Waals surface area contributed by atoms with Crippen LogP contribution in [0.2, 0.25) is 0 Å². The van der Waals surface area contributed by atoms with Crippen molar-refractivity contribution >= 4 is 15.7 Å². The van der Waals surface area contributed by atoms with Gasteiger partial charge in [0.25, 0.3) is 10.0 Å². The molecule has 0 fully saturated rings. The molecule has 1 aliphatic heterocycles. The Kier molecular flexibility index (Phi) is 3.46. The number of benzene rings is 1. The predicted octanol–water partition coefficient (Wildman–Crippen LogP) is 1.74. The van der Waals surface area contributed by atoms with Crippen molar-refractivity contribution in [3.05, 3.63) is 41.7 Å². The highest BCUT2D eigenvalue weighted by molar-refractivity contribution is 7.92. The average Bonchev–Trinajstić information content (AvgIpc) is 2.82. The highest BCUT2D eigenvalue weighted by atomic mass is 32.2. The molecule has 2 N–H and O–H groups in total. The number of nitrogens with zero attached hydrogens (tertiary/aromatic N) is 2. The number of aliphatic hydroxyl groups excluding tert-OH is 1. The summed E-state index contributed by atoms with van der Waals surface area (Å²) in [6, 6.07) is 7.09. The fraction of sp³-hybridized carbons (Fsp3) is 0.357. The molecular formula is C14H17N3O3S. The molecule has 0 saturated heterocycles. The maximum atomic E-state index is 12.9. The first-order valence-electron chi connectivity index (χ1n) is 6.81. The number of anilines is 1. The maximum Gasteiger partial charge on any atom is 0.267 e.